The number of nitrogens with zero attached hydrogens (tertiary/aromatic N) is 3. The first kappa shape index (κ1) is 15.6. The zero-order valence-electron chi connectivity index (χ0n) is 12.9. The van der Waals surface area contributed by atoms with Crippen LogP contribution in [0, 0.1) is 12.7 Å². The van der Waals surface area contributed by atoms with Crippen LogP contribution in [0.4, 0.5) is 4.39 Å². The normalized spacial score (nSPS) is 12.6. The summed E-state index contributed by atoms with van der Waals surface area (Å²) >= 11 is 0. The molecule has 2 aromatic rings. The van der Waals surface area contributed by atoms with Gasteiger partial charge in [0.05, 0.1) is 0 Å². The number of aryl methyl sites for hydroxylation is 2. The van der Waals surface area contributed by atoms with Crippen molar-refractivity contribution >= 4 is 0 Å². The SMILES string of the molecule is CCCn1ncnc1CC(NCC)c1cccc(C)c1F. The lowest BCUT2D eigenvalue weighted by atomic mass is 10.00. The van der Waals surface area contributed by atoms with Gasteiger partial charge < -0.3 is 5.32 Å². The van der Waals surface area contributed by atoms with E-state index in [-0.39, 0.29) is 11.9 Å². The van der Waals surface area contributed by atoms with Gasteiger partial charge in [-0.15, -0.1) is 0 Å². The number of likely N-dealkylation sites (N-methyl/N-ethyl adjacent to an activating group) is 1. The summed E-state index contributed by atoms with van der Waals surface area (Å²) < 4.78 is 16.3. The average Bonchev–Trinajstić information content (AvgIpc) is 2.89. The summed E-state index contributed by atoms with van der Waals surface area (Å²) in [4.78, 5) is 4.32. The van der Waals surface area contributed by atoms with Gasteiger partial charge in [0.2, 0.25) is 0 Å². The molecule has 0 aliphatic rings. The fourth-order valence-electron chi connectivity index (χ4n) is 2.51. The molecule has 1 atom stereocenters. The molecule has 2 rings (SSSR count). The molecule has 5 heteroatoms. The molecule has 1 aromatic heterocycles. The number of benzene rings is 1. The van der Waals surface area contributed by atoms with Crippen molar-refractivity contribution in [2.24, 2.45) is 0 Å². The smallest absolute Gasteiger partial charge is 0.138 e. The fourth-order valence-corrected chi connectivity index (χ4v) is 2.51. The Morgan fingerprint density at radius 1 is 1.33 bits per heavy atom. The molecule has 4 nitrogen and oxygen atoms in total. The third-order valence-corrected chi connectivity index (χ3v) is 3.57. The summed E-state index contributed by atoms with van der Waals surface area (Å²) in [5.41, 5.74) is 1.37. The largest absolute Gasteiger partial charge is 0.310 e. The molecule has 1 N–H and O–H groups in total. The van der Waals surface area contributed by atoms with Crippen LogP contribution in [0.25, 0.3) is 0 Å². The van der Waals surface area contributed by atoms with E-state index in [0.29, 0.717) is 17.5 Å². The van der Waals surface area contributed by atoms with Crippen molar-refractivity contribution in [3.8, 4) is 0 Å². The average molecular weight is 290 g/mol. The molecule has 0 aliphatic carbocycles. The molecular formula is C16H23FN4. The Morgan fingerprint density at radius 2 is 2.14 bits per heavy atom. The molecule has 0 saturated carbocycles. The summed E-state index contributed by atoms with van der Waals surface area (Å²) in [6.07, 6.45) is 3.20. The number of aromatic nitrogens is 3. The van der Waals surface area contributed by atoms with E-state index in [0.717, 1.165) is 25.3 Å². The highest BCUT2D eigenvalue weighted by molar-refractivity contribution is 5.28. The minimum Gasteiger partial charge on any atom is -0.310 e. The first-order valence-corrected chi connectivity index (χ1v) is 7.52. The molecular weight excluding hydrogens is 267 g/mol. The van der Waals surface area contributed by atoms with Gasteiger partial charge in [0, 0.05) is 24.6 Å². The van der Waals surface area contributed by atoms with E-state index in [4.69, 9.17) is 0 Å². The lowest BCUT2D eigenvalue weighted by molar-refractivity contribution is 0.477. The van der Waals surface area contributed by atoms with Crippen LogP contribution < -0.4 is 5.32 Å². The zero-order valence-corrected chi connectivity index (χ0v) is 12.9. The van der Waals surface area contributed by atoms with Crippen LogP contribution in [-0.4, -0.2) is 21.3 Å². The van der Waals surface area contributed by atoms with Gasteiger partial charge in [-0.05, 0) is 25.5 Å². The monoisotopic (exact) mass is 290 g/mol. The molecule has 0 amide bonds. The highest BCUT2D eigenvalue weighted by Gasteiger charge is 2.19. The third kappa shape index (κ3) is 3.67. The Morgan fingerprint density at radius 3 is 2.86 bits per heavy atom. The lowest BCUT2D eigenvalue weighted by Gasteiger charge is -2.19. The van der Waals surface area contributed by atoms with Crippen LogP contribution >= 0.6 is 0 Å². The van der Waals surface area contributed by atoms with Crippen molar-refractivity contribution in [2.75, 3.05) is 6.54 Å². The summed E-state index contributed by atoms with van der Waals surface area (Å²) in [5.74, 6) is 0.758. The highest BCUT2D eigenvalue weighted by Crippen LogP contribution is 2.22. The van der Waals surface area contributed by atoms with Crippen molar-refractivity contribution in [1.82, 2.24) is 20.1 Å². The van der Waals surface area contributed by atoms with Crippen molar-refractivity contribution in [1.29, 1.82) is 0 Å². The summed E-state index contributed by atoms with van der Waals surface area (Å²) in [6.45, 7) is 7.54. The van der Waals surface area contributed by atoms with Crippen LogP contribution in [-0.2, 0) is 13.0 Å². The Bertz CT molecular complexity index is 579. The maximum Gasteiger partial charge on any atom is 0.138 e. The minimum atomic E-state index is -0.134. The number of hydrogen-bond donors (Lipinski definition) is 1. The second-order valence-corrected chi connectivity index (χ2v) is 5.19. The molecule has 21 heavy (non-hydrogen) atoms. The van der Waals surface area contributed by atoms with E-state index in [1.54, 1.807) is 19.3 Å². The first-order chi connectivity index (χ1) is 10.2. The van der Waals surface area contributed by atoms with Crippen LogP contribution in [0.3, 0.4) is 0 Å². The fraction of sp³-hybridized carbons (Fsp3) is 0.500. The summed E-state index contributed by atoms with van der Waals surface area (Å²) in [6, 6.07) is 5.45. The summed E-state index contributed by atoms with van der Waals surface area (Å²) in [5, 5.41) is 7.59. The quantitative estimate of drug-likeness (QED) is 0.852. The van der Waals surface area contributed by atoms with Crippen LogP contribution in [0.2, 0.25) is 0 Å². The van der Waals surface area contributed by atoms with Crippen LogP contribution in [0.1, 0.15) is 43.3 Å². The predicted molar refractivity (Wildman–Crippen MR) is 81.6 cm³/mol. The maximum atomic E-state index is 14.4. The van der Waals surface area contributed by atoms with Gasteiger partial charge in [-0.25, -0.2) is 9.37 Å². The highest BCUT2D eigenvalue weighted by atomic mass is 19.1. The number of rotatable bonds is 7. The van der Waals surface area contributed by atoms with Crippen LogP contribution in [0.5, 0.6) is 0 Å². The van der Waals surface area contributed by atoms with E-state index in [1.807, 2.05) is 23.7 Å². The molecule has 0 radical (unpaired) electrons. The van der Waals surface area contributed by atoms with E-state index in [1.165, 1.54) is 0 Å². The Balaban J connectivity index is 2.26. The number of nitrogens with one attached hydrogen (secondary N) is 1. The van der Waals surface area contributed by atoms with Gasteiger partial charge in [0.25, 0.3) is 0 Å². The predicted octanol–water partition coefficient (Wildman–Crippen LogP) is 3.03. The topological polar surface area (TPSA) is 42.7 Å². The standard InChI is InChI=1S/C16H23FN4/c1-4-9-21-15(19-11-20-21)10-14(18-5-2)13-8-6-7-12(3)16(13)17/h6-8,11,14,18H,4-5,9-10H2,1-3H3. The Kier molecular flexibility index (Phi) is 5.44. The van der Waals surface area contributed by atoms with Gasteiger partial charge in [-0.1, -0.05) is 32.0 Å². The van der Waals surface area contributed by atoms with Gasteiger partial charge in [-0.3, -0.25) is 4.68 Å². The second kappa shape index (κ2) is 7.31. The first-order valence-electron chi connectivity index (χ1n) is 7.52. The molecule has 1 unspecified atom stereocenters. The maximum absolute atomic E-state index is 14.4. The van der Waals surface area contributed by atoms with E-state index < -0.39 is 0 Å². The summed E-state index contributed by atoms with van der Waals surface area (Å²) in [7, 11) is 0. The molecule has 114 valence electrons. The number of halogens is 1. The van der Waals surface area contributed by atoms with Crippen LogP contribution in [0.15, 0.2) is 24.5 Å². The van der Waals surface area contributed by atoms with Crippen molar-refractivity contribution in [3.05, 3.63) is 47.3 Å². The van der Waals surface area contributed by atoms with Gasteiger partial charge in [-0.2, -0.15) is 5.10 Å². The molecule has 0 saturated heterocycles. The third-order valence-electron chi connectivity index (χ3n) is 3.57. The minimum absolute atomic E-state index is 0.0882. The van der Waals surface area contributed by atoms with Gasteiger partial charge >= 0.3 is 0 Å². The van der Waals surface area contributed by atoms with Crippen molar-refractivity contribution < 1.29 is 4.39 Å². The molecule has 0 fully saturated rings. The molecule has 0 aliphatic heterocycles. The Labute approximate surface area is 125 Å². The molecule has 0 spiro atoms. The van der Waals surface area contributed by atoms with E-state index >= 15 is 0 Å². The van der Waals surface area contributed by atoms with E-state index in [9.17, 15) is 4.39 Å². The molecule has 0 bridgehead atoms. The Hall–Kier alpha value is -1.75. The zero-order chi connectivity index (χ0) is 15.2. The lowest BCUT2D eigenvalue weighted by Crippen LogP contribution is -2.25. The molecule has 1 heterocycles. The van der Waals surface area contributed by atoms with Gasteiger partial charge in [0.1, 0.15) is 18.0 Å². The molecule has 1 aromatic carbocycles. The van der Waals surface area contributed by atoms with Crippen molar-refractivity contribution in [2.45, 2.75) is 46.2 Å². The second-order valence-electron chi connectivity index (χ2n) is 5.19. The van der Waals surface area contributed by atoms with Gasteiger partial charge in [0.15, 0.2) is 0 Å². The number of hydrogen-bond acceptors (Lipinski definition) is 3. The van der Waals surface area contributed by atoms with Crippen molar-refractivity contribution in [3.63, 3.8) is 0 Å². The van der Waals surface area contributed by atoms with E-state index in [2.05, 4.69) is 22.3 Å².